The predicted molar refractivity (Wildman–Crippen MR) is 141 cm³/mol. The average Bonchev–Trinajstić information content (AvgIpc) is 3.69. The van der Waals surface area contributed by atoms with Crippen molar-refractivity contribution in [1.82, 2.24) is 14.8 Å². The summed E-state index contributed by atoms with van der Waals surface area (Å²) >= 11 is 0. The Bertz CT molecular complexity index is 1340. The molecule has 1 saturated carbocycles. The molecule has 0 radical (unpaired) electrons. The fourth-order valence-electron chi connectivity index (χ4n) is 4.67. The van der Waals surface area contributed by atoms with Crippen LogP contribution in [0.25, 0.3) is 10.9 Å². The highest BCUT2D eigenvalue weighted by molar-refractivity contribution is 5.97. The first-order valence-electron chi connectivity index (χ1n) is 12.4. The second-order valence-electron chi connectivity index (χ2n) is 9.27. The van der Waals surface area contributed by atoms with Gasteiger partial charge in [-0.25, -0.2) is 0 Å². The molecule has 1 aromatic heterocycles. The molecule has 1 aliphatic carbocycles. The number of aromatic amines is 1. The number of rotatable bonds is 10. The van der Waals surface area contributed by atoms with Crippen LogP contribution in [0.3, 0.4) is 0 Å². The molecule has 3 aromatic carbocycles. The lowest BCUT2D eigenvalue weighted by Gasteiger charge is -2.28. The Morgan fingerprint density at radius 1 is 0.917 bits per heavy atom. The number of methoxy groups -OCH3 is 1. The standard InChI is InChI=1S/C30H31N3O3/c1-36-28-14-8-5-11-24(28)20-32(18-17-23-19-31-27-13-7-6-12-26(23)27)29(34)21-33(25-15-16-25)30(35)22-9-3-2-4-10-22/h2-14,19,25,31H,15-18,20-21H2,1H3. The maximum Gasteiger partial charge on any atom is 0.254 e. The maximum absolute atomic E-state index is 13.7. The number of hydrogen-bond acceptors (Lipinski definition) is 3. The van der Waals surface area contributed by atoms with E-state index in [1.54, 1.807) is 12.0 Å². The molecular weight excluding hydrogens is 450 g/mol. The van der Waals surface area contributed by atoms with Crippen molar-refractivity contribution in [3.8, 4) is 5.75 Å². The van der Waals surface area contributed by atoms with E-state index in [0.717, 1.165) is 29.7 Å². The minimum atomic E-state index is -0.0830. The molecule has 1 fully saturated rings. The number of aromatic nitrogens is 1. The highest BCUT2D eigenvalue weighted by Crippen LogP contribution is 2.29. The number of para-hydroxylation sites is 2. The van der Waals surface area contributed by atoms with Gasteiger partial charge in [0, 0.05) is 47.4 Å². The number of nitrogens with zero attached hydrogens (tertiary/aromatic N) is 2. The summed E-state index contributed by atoms with van der Waals surface area (Å²) in [6.07, 6.45) is 4.61. The van der Waals surface area contributed by atoms with Gasteiger partial charge in [0.25, 0.3) is 5.91 Å². The molecule has 5 rings (SSSR count). The largest absolute Gasteiger partial charge is 0.496 e. The number of fused-ring (bicyclic) bond motifs is 1. The zero-order chi connectivity index (χ0) is 24.9. The van der Waals surface area contributed by atoms with Crippen molar-refractivity contribution in [1.29, 1.82) is 0 Å². The highest BCUT2D eigenvalue weighted by Gasteiger charge is 2.35. The number of carbonyl (C=O) groups excluding carboxylic acids is 2. The van der Waals surface area contributed by atoms with E-state index in [1.807, 2.05) is 77.8 Å². The van der Waals surface area contributed by atoms with Crippen LogP contribution < -0.4 is 4.74 Å². The zero-order valence-electron chi connectivity index (χ0n) is 20.5. The molecule has 0 spiro atoms. The molecule has 1 N–H and O–H groups in total. The fourth-order valence-corrected chi connectivity index (χ4v) is 4.67. The lowest BCUT2D eigenvalue weighted by molar-refractivity contribution is -0.132. The van der Waals surface area contributed by atoms with Crippen molar-refractivity contribution >= 4 is 22.7 Å². The van der Waals surface area contributed by atoms with Crippen LogP contribution in [0, 0.1) is 0 Å². The first-order chi connectivity index (χ1) is 17.6. The Kier molecular flexibility index (Phi) is 7.03. The van der Waals surface area contributed by atoms with E-state index in [9.17, 15) is 9.59 Å². The van der Waals surface area contributed by atoms with Gasteiger partial charge in [-0.3, -0.25) is 9.59 Å². The Hall–Kier alpha value is -4.06. The Balaban J connectivity index is 1.37. The molecule has 0 atom stereocenters. The summed E-state index contributed by atoms with van der Waals surface area (Å²) < 4.78 is 5.55. The second-order valence-corrected chi connectivity index (χ2v) is 9.27. The van der Waals surface area contributed by atoms with Gasteiger partial charge >= 0.3 is 0 Å². The Morgan fingerprint density at radius 3 is 2.42 bits per heavy atom. The van der Waals surface area contributed by atoms with Gasteiger partial charge in [0.1, 0.15) is 12.3 Å². The lowest BCUT2D eigenvalue weighted by atomic mass is 10.1. The molecule has 0 aliphatic heterocycles. The zero-order valence-corrected chi connectivity index (χ0v) is 20.5. The van der Waals surface area contributed by atoms with Crippen molar-refractivity contribution in [3.63, 3.8) is 0 Å². The van der Waals surface area contributed by atoms with E-state index in [-0.39, 0.29) is 24.4 Å². The first kappa shape index (κ1) is 23.7. The van der Waals surface area contributed by atoms with E-state index in [1.165, 1.54) is 10.9 Å². The molecule has 0 saturated heterocycles. The van der Waals surface area contributed by atoms with Gasteiger partial charge < -0.3 is 19.5 Å². The Morgan fingerprint density at radius 2 is 1.64 bits per heavy atom. The predicted octanol–water partition coefficient (Wildman–Crippen LogP) is 5.05. The van der Waals surface area contributed by atoms with E-state index in [4.69, 9.17) is 4.74 Å². The first-order valence-corrected chi connectivity index (χ1v) is 12.4. The molecule has 2 amide bonds. The van der Waals surface area contributed by atoms with E-state index in [0.29, 0.717) is 25.1 Å². The van der Waals surface area contributed by atoms with Crippen molar-refractivity contribution < 1.29 is 14.3 Å². The summed E-state index contributed by atoms with van der Waals surface area (Å²) in [4.78, 5) is 33.9. The molecule has 0 unspecified atom stereocenters. The third-order valence-electron chi connectivity index (χ3n) is 6.81. The van der Waals surface area contributed by atoms with Gasteiger partial charge in [0.05, 0.1) is 7.11 Å². The molecule has 6 nitrogen and oxygen atoms in total. The highest BCUT2D eigenvalue weighted by atomic mass is 16.5. The van der Waals surface area contributed by atoms with E-state index in [2.05, 4.69) is 17.1 Å². The molecule has 0 bridgehead atoms. The van der Waals surface area contributed by atoms with Crippen LogP contribution in [-0.4, -0.2) is 52.8 Å². The monoisotopic (exact) mass is 481 g/mol. The number of ether oxygens (including phenoxy) is 1. The third-order valence-corrected chi connectivity index (χ3v) is 6.81. The fraction of sp³-hybridized carbons (Fsp3) is 0.267. The van der Waals surface area contributed by atoms with Crippen molar-refractivity contribution in [2.75, 3.05) is 20.2 Å². The number of hydrogen-bond donors (Lipinski definition) is 1. The van der Waals surface area contributed by atoms with Gasteiger partial charge in [0.15, 0.2) is 0 Å². The van der Waals surface area contributed by atoms with Gasteiger partial charge in [-0.15, -0.1) is 0 Å². The molecule has 6 heteroatoms. The molecule has 36 heavy (non-hydrogen) atoms. The van der Waals surface area contributed by atoms with Crippen LogP contribution in [-0.2, 0) is 17.8 Å². The maximum atomic E-state index is 13.7. The molecule has 1 aliphatic rings. The van der Waals surface area contributed by atoms with Gasteiger partial charge in [0.2, 0.25) is 5.91 Å². The van der Waals surface area contributed by atoms with Crippen molar-refractivity contribution in [2.45, 2.75) is 31.8 Å². The SMILES string of the molecule is COc1ccccc1CN(CCc1c[nH]c2ccccc12)C(=O)CN(C(=O)c1ccccc1)C1CC1. The quantitative estimate of drug-likeness (QED) is 0.345. The lowest BCUT2D eigenvalue weighted by Crippen LogP contribution is -2.44. The van der Waals surface area contributed by atoms with Gasteiger partial charge in [-0.1, -0.05) is 54.6 Å². The Labute approximate surface area is 211 Å². The molecular formula is C30H31N3O3. The van der Waals surface area contributed by atoms with Gasteiger partial charge in [-0.05, 0) is 49.1 Å². The molecule has 1 heterocycles. The number of benzene rings is 3. The van der Waals surface area contributed by atoms with Crippen molar-refractivity contribution in [2.24, 2.45) is 0 Å². The minimum absolute atomic E-state index is 0.0584. The smallest absolute Gasteiger partial charge is 0.254 e. The number of carbonyl (C=O) groups is 2. The summed E-state index contributed by atoms with van der Waals surface area (Å²) in [7, 11) is 1.64. The van der Waals surface area contributed by atoms with E-state index >= 15 is 0 Å². The van der Waals surface area contributed by atoms with Crippen LogP contribution in [0.1, 0.15) is 34.3 Å². The number of nitrogens with one attached hydrogen (secondary N) is 1. The van der Waals surface area contributed by atoms with E-state index < -0.39 is 0 Å². The summed E-state index contributed by atoms with van der Waals surface area (Å²) in [6, 6.07) is 25.3. The molecule has 184 valence electrons. The summed E-state index contributed by atoms with van der Waals surface area (Å²) in [5, 5.41) is 1.17. The summed E-state index contributed by atoms with van der Waals surface area (Å²) in [5.41, 5.74) is 3.82. The topological polar surface area (TPSA) is 65.6 Å². The second kappa shape index (κ2) is 10.7. The normalized spacial score (nSPS) is 12.9. The van der Waals surface area contributed by atoms with Crippen LogP contribution in [0.4, 0.5) is 0 Å². The van der Waals surface area contributed by atoms with Crippen LogP contribution in [0.15, 0.2) is 85.1 Å². The number of H-pyrrole nitrogens is 1. The average molecular weight is 482 g/mol. The molecule has 4 aromatic rings. The van der Waals surface area contributed by atoms with Crippen LogP contribution >= 0.6 is 0 Å². The van der Waals surface area contributed by atoms with Gasteiger partial charge in [-0.2, -0.15) is 0 Å². The summed E-state index contributed by atoms with van der Waals surface area (Å²) in [5.74, 6) is 0.610. The number of amides is 2. The van der Waals surface area contributed by atoms with Crippen LogP contribution in [0.5, 0.6) is 5.75 Å². The third kappa shape index (κ3) is 5.28. The van der Waals surface area contributed by atoms with Crippen molar-refractivity contribution in [3.05, 3.63) is 102 Å². The van der Waals surface area contributed by atoms with Crippen LogP contribution in [0.2, 0.25) is 0 Å². The summed E-state index contributed by atoms with van der Waals surface area (Å²) in [6.45, 7) is 1.03. The minimum Gasteiger partial charge on any atom is -0.496 e.